The molecule has 1 N–H and O–H groups in total. The zero-order valence-electron chi connectivity index (χ0n) is 17.6. The highest BCUT2D eigenvalue weighted by molar-refractivity contribution is 5.92. The Morgan fingerprint density at radius 3 is 2.39 bits per heavy atom. The number of benzene rings is 2. The first-order valence-electron chi connectivity index (χ1n) is 9.34. The lowest BCUT2D eigenvalue weighted by atomic mass is 10.2. The maximum atomic E-state index is 12.4. The number of hydrogen-bond acceptors (Lipinski definition) is 8. The lowest BCUT2D eigenvalue weighted by Crippen LogP contribution is -2.29. The summed E-state index contributed by atoms with van der Waals surface area (Å²) in [6.07, 6.45) is 0.691. The maximum Gasteiger partial charge on any atom is 0.428 e. The Balaban J connectivity index is 2.10. The van der Waals surface area contributed by atoms with E-state index in [1.807, 2.05) is 0 Å². The predicted molar refractivity (Wildman–Crippen MR) is 113 cm³/mol. The van der Waals surface area contributed by atoms with Crippen molar-refractivity contribution in [2.45, 2.75) is 33.3 Å². The second kappa shape index (κ2) is 10.2. The van der Waals surface area contributed by atoms with Crippen LogP contribution in [0.3, 0.4) is 0 Å². The fourth-order valence-electron chi connectivity index (χ4n) is 2.30. The predicted octanol–water partition coefficient (Wildman–Crippen LogP) is 4.07. The highest BCUT2D eigenvalue weighted by Gasteiger charge is 2.16. The van der Waals surface area contributed by atoms with Crippen LogP contribution in [0.4, 0.5) is 10.5 Å². The van der Waals surface area contributed by atoms with Gasteiger partial charge in [0.05, 0.1) is 23.3 Å². The number of nitrogens with one attached hydrogen (secondary N) is 1. The number of nitro benzene ring substituents is 1. The third kappa shape index (κ3) is 7.42. The molecule has 1 amide bonds. The van der Waals surface area contributed by atoms with Crippen LogP contribution < -0.4 is 14.9 Å². The first-order valence-corrected chi connectivity index (χ1v) is 9.34. The molecule has 0 saturated heterocycles. The van der Waals surface area contributed by atoms with Crippen LogP contribution in [0, 0.1) is 10.1 Å². The highest BCUT2D eigenvalue weighted by atomic mass is 16.6. The summed E-state index contributed by atoms with van der Waals surface area (Å²) < 4.78 is 16.0. The fraction of sp³-hybridized carbons (Fsp3) is 0.286. The summed E-state index contributed by atoms with van der Waals surface area (Å²) in [5.74, 6) is -0.231. The van der Waals surface area contributed by atoms with Crippen LogP contribution in [0.2, 0.25) is 0 Å². The number of ether oxygens (including phenoxy) is 3. The van der Waals surface area contributed by atoms with E-state index in [0.29, 0.717) is 17.9 Å². The van der Waals surface area contributed by atoms with Crippen LogP contribution >= 0.6 is 0 Å². The zero-order valence-corrected chi connectivity index (χ0v) is 17.6. The normalized spacial score (nSPS) is 11.1. The summed E-state index contributed by atoms with van der Waals surface area (Å²) in [6.45, 7) is 7.30. The molecule has 0 aromatic heterocycles. The van der Waals surface area contributed by atoms with Gasteiger partial charge in [0.1, 0.15) is 5.60 Å². The number of esters is 1. The average Bonchev–Trinajstić information content (AvgIpc) is 2.68. The average molecular weight is 429 g/mol. The SMILES string of the molecule is CCOc1cc(/C=N\NC(=O)OC(C)(C)C)ccc1OC(=O)c1ccc([N+](=O)[O-])cc1. The molecule has 0 saturated carbocycles. The quantitative estimate of drug-likeness (QED) is 0.231. The molecule has 10 heteroatoms. The number of nitrogens with zero attached hydrogens (tertiary/aromatic N) is 2. The lowest BCUT2D eigenvalue weighted by molar-refractivity contribution is -0.384. The van der Waals surface area contributed by atoms with Gasteiger partial charge < -0.3 is 14.2 Å². The molecule has 0 aliphatic heterocycles. The van der Waals surface area contributed by atoms with Crippen LogP contribution in [0.15, 0.2) is 47.6 Å². The molecule has 0 aliphatic rings. The molecule has 0 unspecified atom stereocenters. The largest absolute Gasteiger partial charge is 0.490 e. The smallest absolute Gasteiger partial charge is 0.428 e. The Bertz CT molecular complexity index is 979. The summed E-state index contributed by atoms with van der Waals surface area (Å²) in [4.78, 5) is 34.2. The fourth-order valence-corrected chi connectivity index (χ4v) is 2.30. The Kier molecular flexibility index (Phi) is 7.67. The minimum absolute atomic E-state index is 0.129. The standard InChI is InChI=1S/C21H23N3O7/c1-5-29-18-12-14(13-22-23-20(26)31-21(2,3)4)6-11-17(18)30-19(25)15-7-9-16(10-8-15)24(27)28/h6-13H,5H2,1-4H3,(H,23,26)/b22-13-. The Morgan fingerprint density at radius 1 is 1.13 bits per heavy atom. The molecule has 0 fully saturated rings. The molecular weight excluding hydrogens is 406 g/mol. The van der Waals surface area contributed by atoms with Crippen LogP contribution in [-0.2, 0) is 4.74 Å². The van der Waals surface area contributed by atoms with E-state index in [9.17, 15) is 19.7 Å². The van der Waals surface area contributed by atoms with E-state index in [1.165, 1.54) is 36.5 Å². The number of nitro groups is 1. The minimum Gasteiger partial charge on any atom is -0.490 e. The Morgan fingerprint density at radius 2 is 1.81 bits per heavy atom. The van der Waals surface area contributed by atoms with Gasteiger partial charge in [-0.3, -0.25) is 10.1 Å². The van der Waals surface area contributed by atoms with Crippen LogP contribution in [-0.4, -0.2) is 35.4 Å². The van der Waals surface area contributed by atoms with Gasteiger partial charge in [-0.05, 0) is 63.6 Å². The van der Waals surface area contributed by atoms with Gasteiger partial charge >= 0.3 is 12.1 Å². The van der Waals surface area contributed by atoms with E-state index < -0.39 is 22.6 Å². The van der Waals surface area contributed by atoms with Crippen molar-refractivity contribution in [3.63, 3.8) is 0 Å². The molecule has 0 aliphatic carbocycles. The van der Waals surface area contributed by atoms with Crippen molar-refractivity contribution in [2.75, 3.05) is 6.61 Å². The third-order valence-corrected chi connectivity index (χ3v) is 3.55. The molecule has 2 aromatic carbocycles. The van der Waals surface area contributed by atoms with Crippen molar-refractivity contribution in [1.82, 2.24) is 5.43 Å². The van der Waals surface area contributed by atoms with Crippen molar-refractivity contribution in [3.8, 4) is 11.5 Å². The van der Waals surface area contributed by atoms with Gasteiger partial charge in [0.2, 0.25) is 0 Å². The molecule has 0 spiro atoms. The number of rotatable bonds is 7. The molecule has 2 rings (SSSR count). The summed E-state index contributed by atoms with van der Waals surface area (Å²) in [6, 6.07) is 9.77. The van der Waals surface area contributed by atoms with E-state index in [4.69, 9.17) is 14.2 Å². The topological polar surface area (TPSA) is 129 Å². The summed E-state index contributed by atoms with van der Waals surface area (Å²) in [5, 5.41) is 14.5. The zero-order chi connectivity index (χ0) is 23.0. The van der Waals surface area contributed by atoms with Gasteiger partial charge in [-0.15, -0.1) is 0 Å². The molecular formula is C21H23N3O7. The van der Waals surface area contributed by atoms with E-state index in [0.717, 1.165) is 0 Å². The molecule has 0 bridgehead atoms. The minimum atomic E-state index is -0.692. The molecule has 2 aromatic rings. The summed E-state index contributed by atoms with van der Waals surface area (Å²) in [5.41, 5.74) is 2.21. The number of carbonyl (C=O) groups is 2. The van der Waals surface area contributed by atoms with Crippen molar-refractivity contribution in [2.24, 2.45) is 5.10 Å². The van der Waals surface area contributed by atoms with Crippen LogP contribution in [0.1, 0.15) is 43.6 Å². The Hall–Kier alpha value is -3.95. The highest BCUT2D eigenvalue weighted by Crippen LogP contribution is 2.29. The Labute approximate surface area is 179 Å². The van der Waals surface area contributed by atoms with Crippen molar-refractivity contribution in [1.29, 1.82) is 0 Å². The maximum absolute atomic E-state index is 12.4. The monoisotopic (exact) mass is 429 g/mol. The van der Waals surface area contributed by atoms with Crippen molar-refractivity contribution < 1.29 is 28.7 Å². The molecule has 0 heterocycles. The summed E-state index contributed by atoms with van der Waals surface area (Å²) >= 11 is 0. The van der Waals surface area contributed by atoms with Gasteiger partial charge in [-0.2, -0.15) is 5.10 Å². The van der Waals surface area contributed by atoms with Gasteiger partial charge in [0, 0.05) is 12.1 Å². The van der Waals surface area contributed by atoms with Crippen molar-refractivity contribution >= 4 is 24.0 Å². The van der Waals surface area contributed by atoms with Gasteiger partial charge in [0.25, 0.3) is 5.69 Å². The number of non-ortho nitro benzene ring substituents is 1. The molecule has 31 heavy (non-hydrogen) atoms. The first-order chi connectivity index (χ1) is 14.6. The number of hydrogen-bond donors (Lipinski definition) is 1. The third-order valence-electron chi connectivity index (χ3n) is 3.55. The lowest BCUT2D eigenvalue weighted by Gasteiger charge is -2.18. The number of amides is 1. The second-order valence-corrected chi connectivity index (χ2v) is 7.20. The summed E-state index contributed by atoms with van der Waals surface area (Å²) in [7, 11) is 0. The van der Waals surface area contributed by atoms with Crippen LogP contribution in [0.5, 0.6) is 11.5 Å². The van der Waals surface area contributed by atoms with Gasteiger partial charge in [-0.25, -0.2) is 15.0 Å². The molecule has 0 atom stereocenters. The van der Waals surface area contributed by atoms with Crippen LogP contribution in [0.25, 0.3) is 0 Å². The second-order valence-electron chi connectivity index (χ2n) is 7.20. The van der Waals surface area contributed by atoms with Crippen molar-refractivity contribution in [3.05, 3.63) is 63.7 Å². The van der Waals surface area contributed by atoms with Gasteiger partial charge in [0.15, 0.2) is 11.5 Å². The van der Waals surface area contributed by atoms with Gasteiger partial charge in [-0.1, -0.05) is 0 Å². The van der Waals surface area contributed by atoms with E-state index >= 15 is 0 Å². The number of hydrazone groups is 1. The van der Waals surface area contributed by atoms with E-state index in [1.54, 1.807) is 39.8 Å². The first kappa shape index (κ1) is 23.3. The van der Waals surface area contributed by atoms with E-state index in [2.05, 4.69) is 10.5 Å². The molecule has 164 valence electrons. The molecule has 10 nitrogen and oxygen atoms in total. The van der Waals surface area contributed by atoms with E-state index in [-0.39, 0.29) is 17.0 Å². The molecule has 0 radical (unpaired) electrons. The number of carbonyl (C=O) groups excluding carboxylic acids is 2.